The average Bonchev–Trinajstić information content (AvgIpc) is 2.66. The minimum atomic E-state index is 1.15. The van der Waals surface area contributed by atoms with Crippen molar-refractivity contribution in [3.63, 3.8) is 0 Å². The summed E-state index contributed by atoms with van der Waals surface area (Å²) in [5.74, 6) is 0. The molecule has 2 heteroatoms. The number of hydrogen-bond donors (Lipinski definition) is 1. The van der Waals surface area contributed by atoms with Crippen molar-refractivity contribution in [1.29, 1.82) is 0 Å². The van der Waals surface area contributed by atoms with Gasteiger partial charge >= 0.3 is 0 Å². The Labute approximate surface area is 84.7 Å². The van der Waals surface area contributed by atoms with E-state index in [4.69, 9.17) is 0 Å². The predicted octanol–water partition coefficient (Wildman–Crippen LogP) is 3.24. The number of fused-ring (bicyclic) bond motifs is 1. The molecule has 0 aliphatic heterocycles. The van der Waals surface area contributed by atoms with E-state index in [1.807, 2.05) is 38.4 Å². The van der Waals surface area contributed by atoms with Gasteiger partial charge in [0.25, 0.3) is 0 Å². The molecule has 1 aromatic carbocycles. The number of aliphatic imine (C=N–C) groups is 1. The Morgan fingerprint density at radius 3 is 2.64 bits per heavy atom. The van der Waals surface area contributed by atoms with Gasteiger partial charge in [-0.05, 0) is 6.07 Å². The zero-order valence-electron chi connectivity index (χ0n) is 8.91. The van der Waals surface area contributed by atoms with Gasteiger partial charge in [-0.3, -0.25) is 4.99 Å². The molecule has 2 aromatic rings. The third kappa shape index (κ3) is 2.02. The second-order valence-electron chi connectivity index (χ2n) is 2.68. The van der Waals surface area contributed by atoms with E-state index in [0.717, 1.165) is 11.1 Å². The number of para-hydroxylation sites is 1. The molecule has 0 bridgehead atoms. The second kappa shape index (κ2) is 5.22. The van der Waals surface area contributed by atoms with E-state index in [0.29, 0.717) is 0 Å². The highest BCUT2D eigenvalue weighted by molar-refractivity contribution is 5.98. The molecule has 2 rings (SSSR count). The summed E-state index contributed by atoms with van der Waals surface area (Å²) in [6.45, 7) is 4.00. The van der Waals surface area contributed by atoms with Gasteiger partial charge in [0.1, 0.15) is 0 Å². The van der Waals surface area contributed by atoms with Crippen molar-refractivity contribution in [3.8, 4) is 0 Å². The van der Waals surface area contributed by atoms with Gasteiger partial charge in [-0.1, -0.05) is 32.0 Å². The summed E-state index contributed by atoms with van der Waals surface area (Å²) in [6, 6.07) is 8.19. The van der Waals surface area contributed by atoms with Crippen molar-refractivity contribution in [1.82, 2.24) is 4.98 Å². The number of hydrogen-bond acceptors (Lipinski definition) is 1. The fourth-order valence-corrected chi connectivity index (χ4v) is 1.34. The third-order valence-corrected chi connectivity index (χ3v) is 1.89. The first-order chi connectivity index (χ1) is 6.92. The Morgan fingerprint density at radius 2 is 1.93 bits per heavy atom. The van der Waals surface area contributed by atoms with Crippen molar-refractivity contribution in [2.24, 2.45) is 4.99 Å². The lowest BCUT2D eigenvalue weighted by molar-refractivity contribution is 1.45. The Kier molecular flexibility index (Phi) is 3.92. The van der Waals surface area contributed by atoms with Crippen LogP contribution in [0.5, 0.6) is 0 Å². The SMILES string of the molecule is CC.CN=Cc1c[nH]c2ccccc12. The van der Waals surface area contributed by atoms with Gasteiger partial charge in [-0.15, -0.1) is 0 Å². The minimum absolute atomic E-state index is 1.15. The minimum Gasteiger partial charge on any atom is -0.361 e. The average molecular weight is 188 g/mol. The van der Waals surface area contributed by atoms with Crippen LogP contribution >= 0.6 is 0 Å². The number of nitrogens with zero attached hydrogens (tertiary/aromatic N) is 1. The van der Waals surface area contributed by atoms with Crippen molar-refractivity contribution >= 4 is 17.1 Å². The molecule has 0 aliphatic rings. The summed E-state index contributed by atoms with van der Waals surface area (Å²) >= 11 is 0. The van der Waals surface area contributed by atoms with Crippen LogP contribution in [0, 0.1) is 0 Å². The van der Waals surface area contributed by atoms with E-state index in [1.54, 1.807) is 7.05 Å². The van der Waals surface area contributed by atoms with Gasteiger partial charge in [-0.25, -0.2) is 0 Å². The summed E-state index contributed by atoms with van der Waals surface area (Å²) in [7, 11) is 1.78. The standard InChI is InChI=1S/C10H10N2.C2H6/c1-11-6-8-7-12-10-5-3-2-4-9(8)10;1-2/h2-7,12H,1H3;1-2H3. The molecule has 0 saturated carbocycles. The van der Waals surface area contributed by atoms with Crippen LogP contribution in [0.2, 0.25) is 0 Å². The van der Waals surface area contributed by atoms with Crippen LogP contribution in [0.1, 0.15) is 19.4 Å². The zero-order chi connectivity index (χ0) is 10.4. The van der Waals surface area contributed by atoms with E-state index in [9.17, 15) is 0 Å². The molecule has 1 N–H and O–H groups in total. The lowest BCUT2D eigenvalue weighted by atomic mass is 10.2. The van der Waals surface area contributed by atoms with Gasteiger partial charge in [-0.2, -0.15) is 0 Å². The number of benzene rings is 1. The van der Waals surface area contributed by atoms with Crippen molar-refractivity contribution in [3.05, 3.63) is 36.0 Å². The molecule has 0 atom stereocenters. The summed E-state index contributed by atoms with van der Waals surface area (Å²) < 4.78 is 0. The summed E-state index contributed by atoms with van der Waals surface area (Å²) in [6.07, 6.45) is 3.83. The van der Waals surface area contributed by atoms with Crippen LogP contribution < -0.4 is 0 Å². The van der Waals surface area contributed by atoms with E-state index in [2.05, 4.69) is 22.1 Å². The maximum Gasteiger partial charge on any atom is 0.0460 e. The highest BCUT2D eigenvalue weighted by Crippen LogP contribution is 2.15. The van der Waals surface area contributed by atoms with E-state index in [1.165, 1.54) is 5.39 Å². The van der Waals surface area contributed by atoms with Crippen molar-refractivity contribution in [2.75, 3.05) is 7.05 Å². The molecule has 0 fully saturated rings. The van der Waals surface area contributed by atoms with Crippen LogP contribution in [0.4, 0.5) is 0 Å². The normalized spacial score (nSPS) is 10.2. The first kappa shape index (κ1) is 10.5. The number of rotatable bonds is 1. The smallest absolute Gasteiger partial charge is 0.0460 e. The molecule has 0 amide bonds. The molecule has 0 radical (unpaired) electrons. The van der Waals surface area contributed by atoms with Crippen LogP contribution in [-0.4, -0.2) is 18.2 Å². The topological polar surface area (TPSA) is 28.1 Å². The molecule has 1 aromatic heterocycles. The molecule has 0 aliphatic carbocycles. The number of aromatic nitrogens is 1. The Morgan fingerprint density at radius 1 is 1.21 bits per heavy atom. The van der Waals surface area contributed by atoms with E-state index in [-0.39, 0.29) is 0 Å². The molecule has 14 heavy (non-hydrogen) atoms. The van der Waals surface area contributed by atoms with E-state index < -0.39 is 0 Å². The molecule has 0 unspecified atom stereocenters. The van der Waals surface area contributed by atoms with Gasteiger partial charge in [0.15, 0.2) is 0 Å². The molecule has 74 valence electrons. The summed E-state index contributed by atoms with van der Waals surface area (Å²) in [5, 5.41) is 1.23. The molecule has 0 spiro atoms. The van der Waals surface area contributed by atoms with Gasteiger partial charge in [0.2, 0.25) is 0 Å². The highest BCUT2D eigenvalue weighted by atomic mass is 14.7. The Balaban J connectivity index is 0.000000461. The van der Waals surface area contributed by atoms with Crippen molar-refractivity contribution in [2.45, 2.75) is 13.8 Å². The third-order valence-electron chi connectivity index (χ3n) is 1.89. The fraction of sp³-hybridized carbons (Fsp3) is 0.250. The number of aromatic amines is 1. The zero-order valence-corrected chi connectivity index (χ0v) is 8.91. The molecule has 2 nitrogen and oxygen atoms in total. The molecular formula is C12H16N2. The molecular weight excluding hydrogens is 172 g/mol. The number of nitrogens with one attached hydrogen (secondary N) is 1. The van der Waals surface area contributed by atoms with Crippen LogP contribution in [0.3, 0.4) is 0 Å². The lowest BCUT2D eigenvalue weighted by Crippen LogP contribution is -1.75. The largest absolute Gasteiger partial charge is 0.361 e. The lowest BCUT2D eigenvalue weighted by Gasteiger charge is -1.88. The monoisotopic (exact) mass is 188 g/mol. The first-order valence-electron chi connectivity index (χ1n) is 4.90. The Hall–Kier alpha value is -1.57. The molecule has 1 heterocycles. The summed E-state index contributed by atoms with van der Waals surface area (Å²) in [4.78, 5) is 7.16. The Bertz CT molecular complexity index is 413. The fourth-order valence-electron chi connectivity index (χ4n) is 1.34. The van der Waals surface area contributed by atoms with Gasteiger partial charge < -0.3 is 4.98 Å². The van der Waals surface area contributed by atoms with E-state index >= 15 is 0 Å². The van der Waals surface area contributed by atoms with Crippen LogP contribution in [0.15, 0.2) is 35.5 Å². The number of H-pyrrole nitrogens is 1. The van der Waals surface area contributed by atoms with Crippen LogP contribution in [-0.2, 0) is 0 Å². The predicted molar refractivity (Wildman–Crippen MR) is 63.2 cm³/mol. The van der Waals surface area contributed by atoms with Crippen LogP contribution in [0.25, 0.3) is 10.9 Å². The highest BCUT2D eigenvalue weighted by Gasteiger charge is 1.97. The summed E-state index contributed by atoms with van der Waals surface area (Å²) in [5.41, 5.74) is 2.31. The molecule has 0 saturated heterocycles. The quantitative estimate of drug-likeness (QED) is 0.665. The maximum absolute atomic E-state index is 3.98. The maximum atomic E-state index is 3.98. The van der Waals surface area contributed by atoms with Crippen molar-refractivity contribution < 1.29 is 0 Å². The van der Waals surface area contributed by atoms with Gasteiger partial charge in [0, 0.05) is 35.9 Å². The van der Waals surface area contributed by atoms with Gasteiger partial charge in [0.05, 0.1) is 0 Å². The first-order valence-corrected chi connectivity index (χ1v) is 4.90. The second-order valence-corrected chi connectivity index (χ2v) is 2.68.